The molecule has 5 heteroatoms. The summed E-state index contributed by atoms with van der Waals surface area (Å²) in [5, 5.41) is 3.25. The number of hydrogen-bond donors (Lipinski definition) is 1. The topological polar surface area (TPSA) is 12.0 Å². The molecule has 17 heavy (non-hydrogen) atoms. The van der Waals surface area contributed by atoms with Gasteiger partial charge in [-0.1, -0.05) is 28.4 Å². The van der Waals surface area contributed by atoms with Crippen molar-refractivity contribution in [1.29, 1.82) is 0 Å². The number of rotatable bonds is 3. The number of nitrogens with one attached hydrogen (secondary N) is 1. The van der Waals surface area contributed by atoms with E-state index in [0.29, 0.717) is 18.2 Å². The minimum absolute atomic E-state index is 0.0948. The molecule has 1 nitrogen and oxygen atoms in total. The second kappa shape index (κ2) is 4.98. The number of halogens is 4. The third-order valence-corrected chi connectivity index (χ3v) is 3.73. The van der Waals surface area contributed by atoms with E-state index in [9.17, 15) is 13.2 Å². The fourth-order valence-electron chi connectivity index (χ4n) is 1.77. The van der Waals surface area contributed by atoms with Gasteiger partial charge in [0.15, 0.2) is 0 Å². The summed E-state index contributed by atoms with van der Waals surface area (Å²) in [5.41, 5.74) is 0.0674. The van der Waals surface area contributed by atoms with E-state index >= 15 is 0 Å². The summed E-state index contributed by atoms with van der Waals surface area (Å²) in [4.78, 5) is 0. The number of alkyl halides is 3. The molecule has 0 amide bonds. The van der Waals surface area contributed by atoms with Crippen molar-refractivity contribution in [1.82, 2.24) is 5.32 Å². The van der Waals surface area contributed by atoms with E-state index in [-0.39, 0.29) is 4.47 Å². The highest BCUT2D eigenvalue weighted by Crippen LogP contribution is 2.35. The van der Waals surface area contributed by atoms with Gasteiger partial charge < -0.3 is 5.32 Å². The molecular weight excluding hydrogens is 295 g/mol. The molecule has 1 aliphatic carbocycles. The summed E-state index contributed by atoms with van der Waals surface area (Å²) in [7, 11) is 0. The van der Waals surface area contributed by atoms with Gasteiger partial charge in [-0.15, -0.1) is 0 Å². The van der Waals surface area contributed by atoms with Crippen molar-refractivity contribution >= 4 is 15.9 Å². The first kappa shape index (κ1) is 12.9. The first-order chi connectivity index (χ1) is 7.97. The first-order valence-corrected chi connectivity index (χ1v) is 6.35. The van der Waals surface area contributed by atoms with E-state index in [4.69, 9.17) is 0 Å². The summed E-state index contributed by atoms with van der Waals surface area (Å²) in [6.07, 6.45) is -0.831. The predicted molar refractivity (Wildman–Crippen MR) is 63.6 cm³/mol. The third-order valence-electron chi connectivity index (χ3n) is 3.04. The molecule has 1 fully saturated rings. The highest BCUT2D eigenvalue weighted by molar-refractivity contribution is 9.10. The third kappa shape index (κ3) is 3.22. The van der Waals surface area contributed by atoms with E-state index in [0.717, 1.165) is 12.8 Å². The Kier molecular flexibility index (Phi) is 3.78. The quantitative estimate of drug-likeness (QED) is 0.886. The molecule has 0 aliphatic heterocycles. The fraction of sp³-hybridized carbons (Fsp3) is 0.500. The molecular formula is C12H13BrF3N. The highest BCUT2D eigenvalue weighted by atomic mass is 79.9. The smallest absolute Gasteiger partial charge is 0.310 e. The van der Waals surface area contributed by atoms with Gasteiger partial charge in [0, 0.05) is 17.1 Å². The SMILES string of the molecule is FC(F)(F)c1cc(CNC2CCC2)ccc1Br. The predicted octanol–water partition coefficient (Wildman–Crippen LogP) is 4.11. The number of benzene rings is 1. The van der Waals surface area contributed by atoms with Crippen LogP contribution in [-0.4, -0.2) is 6.04 Å². The Hall–Kier alpha value is -0.550. The molecule has 0 saturated heterocycles. The first-order valence-electron chi connectivity index (χ1n) is 5.56. The van der Waals surface area contributed by atoms with Crippen LogP contribution in [-0.2, 0) is 12.7 Å². The van der Waals surface area contributed by atoms with E-state index in [1.54, 1.807) is 6.07 Å². The van der Waals surface area contributed by atoms with Crippen molar-refractivity contribution in [2.75, 3.05) is 0 Å². The van der Waals surface area contributed by atoms with Gasteiger partial charge in [0.25, 0.3) is 0 Å². The van der Waals surface area contributed by atoms with E-state index in [1.807, 2.05) is 0 Å². The maximum Gasteiger partial charge on any atom is 0.417 e. The summed E-state index contributed by atoms with van der Waals surface area (Å²) < 4.78 is 38.1. The van der Waals surface area contributed by atoms with Gasteiger partial charge in [-0.3, -0.25) is 0 Å². The van der Waals surface area contributed by atoms with Crippen LogP contribution in [0.25, 0.3) is 0 Å². The molecule has 1 aromatic rings. The monoisotopic (exact) mass is 307 g/mol. The average Bonchev–Trinajstić information content (AvgIpc) is 2.16. The zero-order chi connectivity index (χ0) is 12.5. The van der Waals surface area contributed by atoms with Crippen molar-refractivity contribution < 1.29 is 13.2 Å². The van der Waals surface area contributed by atoms with Crippen LogP contribution in [0.2, 0.25) is 0 Å². The van der Waals surface area contributed by atoms with Crippen molar-refractivity contribution in [2.45, 2.75) is 38.0 Å². The van der Waals surface area contributed by atoms with Gasteiger partial charge in [0.2, 0.25) is 0 Å². The Balaban J connectivity index is 2.07. The summed E-state index contributed by atoms with van der Waals surface area (Å²) in [5.74, 6) is 0. The van der Waals surface area contributed by atoms with Gasteiger partial charge in [0.1, 0.15) is 0 Å². The Labute approximate surface area is 107 Å². The maximum atomic E-state index is 12.7. The molecule has 1 aliphatic rings. The van der Waals surface area contributed by atoms with Crippen LogP contribution in [0.3, 0.4) is 0 Å². The van der Waals surface area contributed by atoms with Crippen LogP contribution >= 0.6 is 15.9 Å². The molecule has 0 radical (unpaired) electrons. The van der Waals surface area contributed by atoms with Gasteiger partial charge in [-0.2, -0.15) is 13.2 Å². The van der Waals surface area contributed by atoms with Gasteiger partial charge in [0.05, 0.1) is 5.56 Å². The molecule has 1 aromatic carbocycles. The van der Waals surface area contributed by atoms with Crippen LogP contribution in [0, 0.1) is 0 Å². The molecule has 0 spiro atoms. The summed E-state index contributed by atoms with van der Waals surface area (Å²) >= 11 is 2.93. The van der Waals surface area contributed by atoms with Gasteiger partial charge >= 0.3 is 6.18 Å². The highest BCUT2D eigenvalue weighted by Gasteiger charge is 2.33. The van der Waals surface area contributed by atoms with Crippen LogP contribution in [0.1, 0.15) is 30.4 Å². The van der Waals surface area contributed by atoms with Gasteiger partial charge in [-0.25, -0.2) is 0 Å². The lowest BCUT2D eigenvalue weighted by Crippen LogP contribution is -2.34. The Morgan fingerprint density at radius 3 is 2.53 bits per heavy atom. The Morgan fingerprint density at radius 1 is 1.29 bits per heavy atom. The van der Waals surface area contributed by atoms with Crippen molar-refractivity contribution in [2.24, 2.45) is 0 Å². The Morgan fingerprint density at radius 2 is 2.00 bits per heavy atom. The van der Waals surface area contributed by atoms with E-state index in [1.165, 1.54) is 18.6 Å². The van der Waals surface area contributed by atoms with E-state index in [2.05, 4.69) is 21.2 Å². The average molecular weight is 308 g/mol. The fourth-order valence-corrected chi connectivity index (χ4v) is 2.25. The van der Waals surface area contributed by atoms with Crippen LogP contribution in [0.5, 0.6) is 0 Å². The molecule has 0 aromatic heterocycles. The molecule has 1 N–H and O–H groups in total. The zero-order valence-electron chi connectivity index (χ0n) is 9.15. The standard InChI is InChI=1S/C12H13BrF3N/c13-11-5-4-8(6-10(11)12(14,15)16)7-17-9-2-1-3-9/h4-6,9,17H,1-3,7H2. The molecule has 0 atom stereocenters. The zero-order valence-corrected chi connectivity index (χ0v) is 10.7. The summed E-state index contributed by atoms with van der Waals surface area (Å²) in [6, 6.07) is 4.86. The van der Waals surface area contributed by atoms with Crippen molar-refractivity contribution in [3.63, 3.8) is 0 Å². The molecule has 0 bridgehead atoms. The number of hydrogen-bond acceptors (Lipinski definition) is 1. The minimum Gasteiger partial charge on any atom is -0.310 e. The second-order valence-electron chi connectivity index (χ2n) is 4.32. The largest absolute Gasteiger partial charge is 0.417 e. The van der Waals surface area contributed by atoms with Crippen molar-refractivity contribution in [3.8, 4) is 0 Å². The lowest BCUT2D eigenvalue weighted by molar-refractivity contribution is -0.138. The molecule has 2 rings (SSSR count). The summed E-state index contributed by atoms with van der Waals surface area (Å²) in [6.45, 7) is 0.501. The van der Waals surface area contributed by atoms with Gasteiger partial charge in [-0.05, 0) is 30.5 Å². The lowest BCUT2D eigenvalue weighted by atomic mass is 9.93. The van der Waals surface area contributed by atoms with Crippen LogP contribution in [0.15, 0.2) is 22.7 Å². The minimum atomic E-state index is -4.30. The molecule has 1 saturated carbocycles. The van der Waals surface area contributed by atoms with Crippen molar-refractivity contribution in [3.05, 3.63) is 33.8 Å². The maximum absolute atomic E-state index is 12.7. The van der Waals surface area contributed by atoms with E-state index < -0.39 is 11.7 Å². The van der Waals surface area contributed by atoms with Crippen LogP contribution < -0.4 is 5.32 Å². The lowest BCUT2D eigenvalue weighted by Gasteiger charge is -2.26. The second-order valence-corrected chi connectivity index (χ2v) is 5.18. The molecule has 0 unspecified atom stereocenters. The molecule has 94 valence electrons. The Bertz CT molecular complexity index is 399. The normalized spacial score (nSPS) is 16.9. The molecule has 0 heterocycles. The van der Waals surface area contributed by atoms with Crippen LogP contribution in [0.4, 0.5) is 13.2 Å².